The van der Waals surface area contributed by atoms with Gasteiger partial charge in [0.25, 0.3) is 0 Å². The Morgan fingerprint density at radius 2 is 2.13 bits per heavy atom. The van der Waals surface area contributed by atoms with Gasteiger partial charge in [0.1, 0.15) is 11.7 Å². The lowest BCUT2D eigenvalue weighted by Gasteiger charge is -2.70. The summed E-state index contributed by atoms with van der Waals surface area (Å²) < 4.78 is 24.3. The quantitative estimate of drug-likeness (QED) is 0.561. The molecule has 6 atom stereocenters. The third-order valence-electron chi connectivity index (χ3n) is 8.85. The van der Waals surface area contributed by atoms with Crippen molar-refractivity contribution in [3.8, 4) is 11.5 Å². The Morgan fingerprint density at radius 1 is 1.30 bits per heavy atom. The van der Waals surface area contributed by atoms with E-state index in [0.717, 1.165) is 37.3 Å². The molecule has 0 unspecified atom stereocenters. The lowest BCUT2D eigenvalue weighted by molar-refractivity contribution is -0.221. The topological polar surface area (TPSA) is 57.2 Å². The number of fused-ring (bicyclic) bond motifs is 1. The molecule has 6 nitrogen and oxygen atoms in total. The number of hydrogen-bond acceptors (Lipinski definition) is 6. The van der Waals surface area contributed by atoms with Gasteiger partial charge < -0.3 is 23.8 Å². The number of carbonyl (C=O) groups is 1. The second kappa shape index (κ2) is 5.80. The van der Waals surface area contributed by atoms with Crippen LogP contribution in [-0.4, -0.2) is 63.0 Å². The summed E-state index contributed by atoms with van der Waals surface area (Å²) in [6, 6.07) is 4.54. The lowest BCUT2D eigenvalue weighted by Crippen LogP contribution is -2.79. The minimum atomic E-state index is -0.840. The molecule has 1 saturated heterocycles. The molecule has 160 valence electrons. The van der Waals surface area contributed by atoms with Gasteiger partial charge in [-0.2, -0.15) is 0 Å². The Kier molecular flexibility index (Phi) is 3.61. The summed E-state index contributed by atoms with van der Waals surface area (Å²) in [6.45, 7) is 3.22. The lowest BCUT2D eigenvalue weighted by atomic mass is 9.37. The molecule has 0 N–H and O–H groups in total. The monoisotopic (exact) mass is 411 g/mol. The zero-order valence-corrected chi connectivity index (χ0v) is 18.1. The molecule has 0 aromatic heterocycles. The first-order chi connectivity index (χ1) is 14.5. The maximum absolute atomic E-state index is 13.2. The van der Waals surface area contributed by atoms with Crippen LogP contribution in [0.15, 0.2) is 24.3 Å². The Bertz CT molecular complexity index is 975. The van der Waals surface area contributed by atoms with Crippen LogP contribution in [0.25, 0.3) is 0 Å². The average Bonchev–Trinajstić information content (AvgIpc) is 3.13. The van der Waals surface area contributed by atoms with Crippen LogP contribution < -0.4 is 9.47 Å². The first-order valence-electron chi connectivity index (χ1n) is 11.0. The van der Waals surface area contributed by atoms with E-state index in [-0.39, 0.29) is 28.8 Å². The molecule has 2 fully saturated rings. The number of carbonyl (C=O) groups excluding carboxylic acids is 1. The maximum Gasteiger partial charge on any atom is 0.312 e. The molecule has 1 aromatic carbocycles. The molecular weight excluding hydrogens is 382 g/mol. The fourth-order valence-corrected chi connectivity index (χ4v) is 7.72. The molecule has 4 aliphatic carbocycles. The Morgan fingerprint density at radius 3 is 2.87 bits per heavy atom. The summed E-state index contributed by atoms with van der Waals surface area (Å²) in [5.74, 6) is 1.04. The molecule has 7 rings (SSSR count). The van der Waals surface area contributed by atoms with Crippen LogP contribution in [0.4, 0.5) is 0 Å². The predicted octanol–water partition coefficient (Wildman–Crippen LogP) is 2.48. The summed E-state index contributed by atoms with van der Waals surface area (Å²) in [7, 11) is 5.61. The van der Waals surface area contributed by atoms with E-state index in [4.69, 9.17) is 18.9 Å². The summed E-state index contributed by atoms with van der Waals surface area (Å²) in [5.41, 5.74) is 1.40. The summed E-state index contributed by atoms with van der Waals surface area (Å²) >= 11 is 0. The van der Waals surface area contributed by atoms with E-state index < -0.39 is 5.60 Å². The van der Waals surface area contributed by atoms with Crippen molar-refractivity contribution < 1.29 is 23.7 Å². The van der Waals surface area contributed by atoms with Crippen molar-refractivity contribution in [2.24, 2.45) is 11.3 Å². The zero-order chi connectivity index (χ0) is 20.9. The van der Waals surface area contributed by atoms with Crippen LogP contribution in [-0.2, 0) is 26.1 Å². The smallest absolute Gasteiger partial charge is 0.312 e. The van der Waals surface area contributed by atoms with Gasteiger partial charge in [0.15, 0.2) is 11.5 Å². The second-order valence-corrected chi connectivity index (χ2v) is 9.49. The van der Waals surface area contributed by atoms with Gasteiger partial charge in [-0.15, -0.1) is 0 Å². The number of methoxy groups -OCH3 is 2. The van der Waals surface area contributed by atoms with E-state index in [1.807, 2.05) is 13.0 Å². The van der Waals surface area contributed by atoms with E-state index in [0.29, 0.717) is 12.6 Å². The molecule has 2 heterocycles. The van der Waals surface area contributed by atoms with Gasteiger partial charge >= 0.3 is 5.97 Å². The van der Waals surface area contributed by atoms with Crippen LogP contribution >= 0.6 is 0 Å². The zero-order valence-electron chi connectivity index (χ0n) is 18.1. The van der Waals surface area contributed by atoms with Crippen LogP contribution in [0.5, 0.6) is 11.5 Å². The van der Waals surface area contributed by atoms with Crippen LogP contribution in [0, 0.1) is 11.3 Å². The third-order valence-corrected chi connectivity index (χ3v) is 8.85. The summed E-state index contributed by atoms with van der Waals surface area (Å²) in [6.07, 6.45) is 6.86. The number of likely N-dealkylation sites (N-methyl/N-ethyl adjacent to an activating group) is 1. The van der Waals surface area contributed by atoms with E-state index in [2.05, 4.69) is 30.2 Å². The molecular formula is C24H29NO5. The standard InChI is InChI=1S/C24H29NO5/c1-5-29-20(26)15-13-22-8-9-24(15,28-4)21-23(22)10-11-25(2)17(22)12-14-6-7-16(27-3)19(30-21)18(14)23/h6-9,15,17,21H,5,10-13H2,1-4H3/t15-,17+,21+,22-,23+,24+/m1/s1. The number of ether oxygens (including phenoxy) is 4. The van der Waals surface area contributed by atoms with Crippen molar-refractivity contribution in [2.45, 2.75) is 49.3 Å². The molecule has 6 aliphatic rings. The predicted molar refractivity (Wildman–Crippen MR) is 110 cm³/mol. The van der Waals surface area contributed by atoms with Crippen molar-refractivity contribution in [2.75, 3.05) is 34.4 Å². The molecule has 4 bridgehead atoms. The molecule has 1 aromatic rings. The maximum atomic E-state index is 13.2. The number of rotatable bonds is 4. The molecule has 1 saturated carbocycles. The molecule has 0 radical (unpaired) electrons. The number of piperidine rings is 1. The highest BCUT2D eigenvalue weighted by Crippen LogP contribution is 2.74. The summed E-state index contributed by atoms with van der Waals surface area (Å²) in [5, 5.41) is 0. The van der Waals surface area contributed by atoms with Crippen molar-refractivity contribution in [1.82, 2.24) is 4.90 Å². The Hall–Kier alpha value is -2.05. The van der Waals surface area contributed by atoms with E-state index in [1.54, 1.807) is 14.2 Å². The second-order valence-electron chi connectivity index (χ2n) is 9.49. The minimum absolute atomic E-state index is 0.184. The largest absolute Gasteiger partial charge is 0.493 e. The highest BCUT2D eigenvalue weighted by molar-refractivity contribution is 5.78. The Labute approximate surface area is 177 Å². The van der Waals surface area contributed by atoms with Gasteiger partial charge in [0, 0.05) is 24.1 Å². The van der Waals surface area contributed by atoms with Crippen LogP contribution in [0.1, 0.15) is 30.9 Å². The minimum Gasteiger partial charge on any atom is -0.493 e. The van der Waals surface area contributed by atoms with Crippen LogP contribution in [0.3, 0.4) is 0 Å². The highest BCUT2D eigenvalue weighted by atomic mass is 16.6. The van der Waals surface area contributed by atoms with Gasteiger partial charge in [-0.3, -0.25) is 4.79 Å². The molecule has 2 aliphatic heterocycles. The number of nitrogens with zero attached hydrogens (tertiary/aromatic N) is 1. The normalized spacial score (nSPS) is 41.9. The van der Waals surface area contributed by atoms with Gasteiger partial charge in [0.2, 0.25) is 0 Å². The fourth-order valence-electron chi connectivity index (χ4n) is 7.72. The molecule has 0 amide bonds. The first kappa shape index (κ1) is 18.7. The van der Waals surface area contributed by atoms with Crippen molar-refractivity contribution in [1.29, 1.82) is 0 Å². The van der Waals surface area contributed by atoms with Crippen molar-refractivity contribution >= 4 is 5.97 Å². The third kappa shape index (κ3) is 1.75. The van der Waals surface area contributed by atoms with Gasteiger partial charge in [-0.1, -0.05) is 18.2 Å². The van der Waals surface area contributed by atoms with E-state index >= 15 is 0 Å². The number of benzene rings is 1. The Balaban J connectivity index is 1.65. The SMILES string of the molecule is CCOC(=O)[C@H]1C[C@@]23C=C[C@@]1(OC)[C@H]1Oc4c(OC)ccc5c4[C@@]12CCN(C)[C@H]3C5. The molecule has 30 heavy (non-hydrogen) atoms. The van der Waals surface area contributed by atoms with E-state index in [9.17, 15) is 4.79 Å². The van der Waals surface area contributed by atoms with Gasteiger partial charge in [-0.25, -0.2) is 0 Å². The molecule has 6 heteroatoms. The first-order valence-corrected chi connectivity index (χ1v) is 11.0. The number of hydrogen-bond donors (Lipinski definition) is 0. The van der Waals surface area contributed by atoms with Gasteiger partial charge in [0.05, 0.1) is 25.0 Å². The van der Waals surface area contributed by atoms with Gasteiger partial charge in [-0.05, 0) is 51.4 Å². The van der Waals surface area contributed by atoms with Crippen molar-refractivity contribution in [3.05, 3.63) is 35.4 Å². The number of esters is 1. The van der Waals surface area contributed by atoms with Crippen molar-refractivity contribution in [3.63, 3.8) is 0 Å². The summed E-state index contributed by atoms with van der Waals surface area (Å²) in [4.78, 5) is 15.7. The van der Waals surface area contributed by atoms with E-state index in [1.165, 1.54) is 11.1 Å². The molecule has 2 spiro atoms. The highest BCUT2D eigenvalue weighted by Gasteiger charge is 2.80. The average molecular weight is 411 g/mol. The number of likely N-dealkylation sites (tertiary alicyclic amines) is 1. The fraction of sp³-hybridized carbons (Fsp3) is 0.625. The van der Waals surface area contributed by atoms with Crippen LogP contribution in [0.2, 0.25) is 0 Å².